The molecule has 2 fully saturated rings. The number of nitrogens with one attached hydrogen (secondary N) is 1. The molecule has 3 aromatic rings. The van der Waals surface area contributed by atoms with Gasteiger partial charge in [0.15, 0.2) is 0 Å². The van der Waals surface area contributed by atoms with Crippen LogP contribution in [0.5, 0.6) is 0 Å². The highest BCUT2D eigenvalue weighted by Crippen LogP contribution is 2.34. The summed E-state index contributed by atoms with van der Waals surface area (Å²) in [4.78, 5) is 42.3. The SMILES string of the molecule is CC(C)(C)OC(=O)N1CCCC1c1ncc(-c2ccc(C=CCc3ccc4c(c3)N=C([C@@H]3CCCN3C(=O)OC(C)(C)C)C4)cc2)[nH]1. The van der Waals surface area contributed by atoms with Crippen LogP contribution in [0.2, 0.25) is 0 Å². The number of aromatic nitrogens is 2. The molecule has 248 valence electrons. The van der Waals surface area contributed by atoms with E-state index in [1.165, 1.54) is 11.1 Å². The smallest absolute Gasteiger partial charge is 0.410 e. The molecule has 1 unspecified atom stereocenters. The summed E-state index contributed by atoms with van der Waals surface area (Å²) >= 11 is 0. The number of imidazole rings is 1. The maximum atomic E-state index is 12.8. The number of H-pyrrole nitrogens is 1. The van der Waals surface area contributed by atoms with Crippen LogP contribution < -0.4 is 0 Å². The molecular weight excluding hydrogens is 590 g/mol. The molecule has 1 N–H and O–H groups in total. The Labute approximate surface area is 278 Å². The lowest BCUT2D eigenvalue weighted by Crippen LogP contribution is -2.43. The van der Waals surface area contributed by atoms with Crippen molar-refractivity contribution in [3.05, 3.63) is 77.3 Å². The average molecular weight is 638 g/mol. The maximum absolute atomic E-state index is 12.8. The molecule has 6 rings (SSSR count). The first-order valence-electron chi connectivity index (χ1n) is 16.8. The van der Waals surface area contributed by atoms with Gasteiger partial charge < -0.3 is 14.5 Å². The fourth-order valence-corrected chi connectivity index (χ4v) is 6.57. The average Bonchev–Trinajstić information content (AvgIpc) is 3.81. The number of allylic oxidation sites excluding steroid dienone is 1. The zero-order chi connectivity index (χ0) is 33.3. The first-order valence-corrected chi connectivity index (χ1v) is 16.8. The van der Waals surface area contributed by atoms with Gasteiger partial charge in [-0.3, -0.25) is 14.8 Å². The number of aromatic amines is 1. The summed E-state index contributed by atoms with van der Waals surface area (Å²) in [5, 5.41) is 0. The Morgan fingerprint density at radius 1 is 0.894 bits per heavy atom. The summed E-state index contributed by atoms with van der Waals surface area (Å²) in [5.41, 5.74) is 6.53. The molecule has 0 bridgehead atoms. The standard InChI is InChI=1S/C38H47N5O4/c1-37(2,3)46-35(44)42-20-8-12-32(42)30-23-28-19-16-26(22-29(28)40-30)11-7-10-25-14-17-27(18-15-25)31-24-39-34(41-31)33-13-9-21-43(33)36(45)47-38(4,5)6/h7,10,14-19,22,24,32-33H,8-9,11-13,20-21,23H2,1-6H3,(H,39,41)/t32-,33?/m0/s1. The summed E-state index contributed by atoms with van der Waals surface area (Å²) in [6.45, 7) is 12.8. The van der Waals surface area contributed by atoms with E-state index in [2.05, 4.69) is 64.6 Å². The van der Waals surface area contributed by atoms with Gasteiger partial charge in [0.05, 0.1) is 29.7 Å². The summed E-state index contributed by atoms with van der Waals surface area (Å²) in [7, 11) is 0. The lowest BCUT2D eigenvalue weighted by molar-refractivity contribution is 0.0216. The predicted octanol–water partition coefficient (Wildman–Crippen LogP) is 8.43. The molecule has 9 heteroatoms. The fourth-order valence-electron chi connectivity index (χ4n) is 6.57. The molecule has 0 aliphatic carbocycles. The van der Waals surface area contributed by atoms with Gasteiger partial charge in [-0.15, -0.1) is 0 Å². The molecule has 0 radical (unpaired) electrons. The first-order chi connectivity index (χ1) is 22.3. The van der Waals surface area contributed by atoms with Crippen molar-refractivity contribution in [2.75, 3.05) is 13.1 Å². The number of hydrogen-bond acceptors (Lipinski definition) is 6. The first kappa shape index (κ1) is 32.5. The predicted molar refractivity (Wildman–Crippen MR) is 185 cm³/mol. The molecule has 3 aliphatic rings. The quantitative estimate of drug-likeness (QED) is 0.292. The van der Waals surface area contributed by atoms with Gasteiger partial charge in [0.25, 0.3) is 0 Å². The van der Waals surface area contributed by atoms with E-state index in [0.717, 1.165) is 72.6 Å². The van der Waals surface area contributed by atoms with Crippen molar-refractivity contribution in [3.8, 4) is 11.3 Å². The molecule has 2 amide bonds. The van der Waals surface area contributed by atoms with Crippen LogP contribution in [-0.4, -0.2) is 68.0 Å². The maximum Gasteiger partial charge on any atom is 0.410 e. The van der Waals surface area contributed by atoms with Crippen molar-refractivity contribution >= 4 is 29.7 Å². The molecule has 2 atom stereocenters. The topological polar surface area (TPSA) is 100 Å². The Morgan fingerprint density at radius 2 is 1.53 bits per heavy atom. The van der Waals surface area contributed by atoms with Gasteiger partial charge >= 0.3 is 12.2 Å². The lowest BCUT2D eigenvalue weighted by Gasteiger charge is -2.28. The molecule has 47 heavy (non-hydrogen) atoms. The number of likely N-dealkylation sites (tertiary alicyclic amines) is 2. The number of ether oxygens (including phenoxy) is 2. The number of benzene rings is 2. The van der Waals surface area contributed by atoms with Crippen LogP contribution in [0.1, 0.15) is 95.8 Å². The van der Waals surface area contributed by atoms with Gasteiger partial charge in [-0.1, -0.05) is 48.6 Å². The van der Waals surface area contributed by atoms with E-state index < -0.39 is 11.2 Å². The third-order valence-electron chi connectivity index (χ3n) is 8.73. The second-order valence-corrected chi connectivity index (χ2v) is 14.8. The van der Waals surface area contributed by atoms with E-state index in [-0.39, 0.29) is 24.3 Å². The van der Waals surface area contributed by atoms with Gasteiger partial charge in [-0.2, -0.15) is 0 Å². The molecule has 3 aliphatic heterocycles. The number of aliphatic imine (C=N–C) groups is 1. The van der Waals surface area contributed by atoms with Gasteiger partial charge in [0, 0.05) is 25.2 Å². The van der Waals surface area contributed by atoms with Crippen LogP contribution in [0.4, 0.5) is 15.3 Å². The molecular formula is C38H47N5O4. The highest BCUT2D eigenvalue weighted by molar-refractivity contribution is 5.99. The fraction of sp³-hybridized carbons (Fsp3) is 0.474. The van der Waals surface area contributed by atoms with Crippen molar-refractivity contribution in [1.82, 2.24) is 19.8 Å². The molecule has 4 heterocycles. The largest absolute Gasteiger partial charge is 0.444 e. The minimum Gasteiger partial charge on any atom is -0.444 e. The van der Waals surface area contributed by atoms with Crippen LogP contribution in [0, 0.1) is 0 Å². The summed E-state index contributed by atoms with van der Waals surface area (Å²) in [6, 6.07) is 14.8. The Bertz CT molecular complexity index is 1670. The van der Waals surface area contributed by atoms with Crippen LogP contribution in [-0.2, 0) is 22.3 Å². The Kier molecular flexibility index (Phi) is 9.01. The number of rotatable bonds is 6. The minimum absolute atomic E-state index is 0.00607. The molecule has 0 spiro atoms. The van der Waals surface area contributed by atoms with E-state index in [4.69, 9.17) is 14.5 Å². The second kappa shape index (κ2) is 13.0. The van der Waals surface area contributed by atoms with Crippen molar-refractivity contribution in [2.24, 2.45) is 4.99 Å². The number of carbonyl (C=O) groups excluding carboxylic acids is 2. The number of nitrogens with zero attached hydrogens (tertiary/aromatic N) is 4. The molecule has 1 aromatic heterocycles. The van der Waals surface area contributed by atoms with Crippen LogP contribution in [0.15, 0.2) is 59.7 Å². The molecule has 0 saturated carbocycles. The molecule has 9 nitrogen and oxygen atoms in total. The van der Waals surface area contributed by atoms with Crippen molar-refractivity contribution in [1.29, 1.82) is 0 Å². The number of fused-ring (bicyclic) bond motifs is 1. The van der Waals surface area contributed by atoms with Crippen molar-refractivity contribution < 1.29 is 19.1 Å². The summed E-state index contributed by atoms with van der Waals surface area (Å²) < 4.78 is 11.3. The highest BCUT2D eigenvalue weighted by atomic mass is 16.6. The van der Waals surface area contributed by atoms with E-state index in [9.17, 15) is 9.59 Å². The van der Waals surface area contributed by atoms with E-state index >= 15 is 0 Å². The normalized spacial score (nSPS) is 19.7. The lowest BCUT2D eigenvalue weighted by atomic mass is 10.0. The van der Waals surface area contributed by atoms with Gasteiger partial charge in [-0.05, 0) is 102 Å². The highest BCUT2D eigenvalue weighted by Gasteiger charge is 2.37. The molecule has 2 saturated heterocycles. The Morgan fingerprint density at radius 3 is 2.19 bits per heavy atom. The van der Waals surface area contributed by atoms with Gasteiger partial charge in [0.2, 0.25) is 0 Å². The zero-order valence-electron chi connectivity index (χ0n) is 28.5. The summed E-state index contributed by atoms with van der Waals surface area (Å²) in [5.74, 6) is 0.793. The van der Waals surface area contributed by atoms with Gasteiger partial charge in [0.1, 0.15) is 17.0 Å². The Hall–Kier alpha value is -4.40. The van der Waals surface area contributed by atoms with E-state index in [1.807, 2.05) is 52.6 Å². The Balaban J connectivity index is 1.05. The molecule has 2 aromatic carbocycles. The van der Waals surface area contributed by atoms with Crippen LogP contribution in [0.3, 0.4) is 0 Å². The number of carbonyl (C=O) groups is 2. The van der Waals surface area contributed by atoms with Crippen molar-refractivity contribution in [3.63, 3.8) is 0 Å². The van der Waals surface area contributed by atoms with Crippen LogP contribution >= 0.6 is 0 Å². The van der Waals surface area contributed by atoms with Crippen LogP contribution in [0.25, 0.3) is 17.3 Å². The monoisotopic (exact) mass is 637 g/mol. The van der Waals surface area contributed by atoms with E-state index in [0.29, 0.717) is 13.1 Å². The van der Waals surface area contributed by atoms with E-state index in [1.54, 1.807) is 4.90 Å². The second-order valence-electron chi connectivity index (χ2n) is 14.8. The zero-order valence-corrected chi connectivity index (χ0v) is 28.5. The number of amides is 2. The van der Waals surface area contributed by atoms with Crippen molar-refractivity contribution in [2.45, 2.75) is 103 Å². The minimum atomic E-state index is -0.530. The summed E-state index contributed by atoms with van der Waals surface area (Å²) in [6.07, 6.45) is 10.9. The number of hydrogen-bond donors (Lipinski definition) is 1. The third kappa shape index (κ3) is 7.77. The third-order valence-corrected chi connectivity index (χ3v) is 8.73. The van der Waals surface area contributed by atoms with Gasteiger partial charge in [-0.25, -0.2) is 14.6 Å².